The summed E-state index contributed by atoms with van der Waals surface area (Å²) in [6.07, 6.45) is 1.83. The molecule has 2 aromatic rings. The first kappa shape index (κ1) is 17.0. The standard InChI is InChI=1S/C14H15ClF2N4O2/c1-22-9-3-2-8(6-10(9)23-14(16)17)4-5-19-13-11(15)12(18)20-7-21-13/h2-3,6-7,14H,4-5H2,1H3,(H3,18,19,20,21). The summed E-state index contributed by atoms with van der Waals surface area (Å²) in [5.74, 6) is 0.830. The molecule has 2 rings (SSSR count). The molecule has 124 valence electrons. The van der Waals surface area contributed by atoms with E-state index in [0.29, 0.717) is 18.8 Å². The van der Waals surface area contributed by atoms with E-state index in [1.165, 1.54) is 19.5 Å². The molecule has 3 N–H and O–H groups in total. The summed E-state index contributed by atoms with van der Waals surface area (Å²) < 4.78 is 34.2. The third-order valence-electron chi connectivity index (χ3n) is 2.97. The minimum atomic E-state index is -2.92. The zero-order chi connectivity index (χ0) is 16.8. The predicted octanol–water partition coefficient (Wildman–Crippen LogP) is 2.98. The number of ether oxygens (including phenoxy) is 2. The number of nitrogens with one attached hydrogen (secondary N) is 1. The van der Waals surface area contributed by atoms with Crippen LogP contribution in [-0.4, -0.2) is 30.2 Å². The first-order valence-corrected chi connectivity index (χ1v) is 7.00. The number of anilines is 2. The van der Waals surface area contributed by atoms with Crippen molar-refractivity contribution >= 4 is 23.2 Å². The Hall–Kier alpha value is -2.35. The maximum atomic E-state index is 12.4. The summed E-state index contributed by atoms with van der Waals surface area (Å²) >= 11 is 5.96. The van der Waals surface area contributed by atoms with Crippen molar-refractivity contribution in [3.8, 4) is 11.5 Å². The zero-order valence-electron chi connectivity index (χ0n) is 12.2. The lowest BCUT2D eigenvalue weighted by molar-refractivity contribution is -0.0512. The number of nitrogens with zero attached hydrogens (tertiary/aromatic N) is 2. The van der Waals surface area contributed by atoms with E-state index in [0.717, 1.165) is 5.56 Å². The molecule has 0 amide bonds. The Balaban J connectivity index is 2.01. The van der Waals surface area contributed by atoms with Crippen LogP contribution in [0.1, 0.15) is 5.56 Å². The van der Waals surface area contributed by atoms with Crippen molar-refractivity contribution in [2.75, 3.05) is 24.7 Å². The second-order valence-electron chi connectivity index (χ2n) is 4.46. The minimum Gasteiger partial charge on any atom is -0.493 e. The van der Waals surface area contributed by atoms with Crippen LogP contribution in [0.2, 0.25) is 5.02 Å². The Labute approximate surface area is 136 Å². The van der Waals surface area contributed by atoms with Crippen LogP contribution >= 0.6 is 11.6 Å². The Kier molecular flexibility index (Phi) is 5.75. The SMILES string of the molecule is COc1ccc(CCNc2ncnc(N)c2Cl)cc1OC(F)F. The van der Waals surface area contributed by atoms with Crippen LogP contribution in [0.5, 0.6) is 11.5 Å². The Bertz CT molecular complexity index is 673. The van der Waals surface area contributed by atoms with E-state index in [1.807, 2.05) is 0 Å². The monoisotopic (exact) mass is 344 g/mol. The molecule has 0 aliphatic heterocycles. The van der Waals surface area contributed by atoms with Crippen LogP contribution in [0.15, 0.2) is 24.5 Å². The average molecular weight is 345 g/mol. The van der Waals surface area contributed by atoms with E-state index in [9.17, 15) is 8.78 Å². The molecule has 0 saturated carbocycles. The molecule has 0 aliphatic rings. The van der Waals surface area contributed by atoms with Crippen LogP contribution in [0, 0.1) is 0 Å². The number of benzene rings is 1. The summed E-state index contributed by atoms with van der Waals surface area (Å²) in [6.45, 7) is -2.45. The quantitative estimate of drug-likeness (QED) is 0.803. The molecule has 0 aliphatic carbocycles. The van der Waals surface area contributed by atoms with Gasteiger partial charge in [-0.1, -0.05) is 17.7 Å². The summed E-state index contributed by atoms with van der Waals surface area (Å²) in [5.41, 5.74) is 6.36. The smallest absolute Gasteiger partial charge is 0.387 e. The number of methoxy groups -OCH3 is 1. The second kappa shape index (κ2) is 7.77. The van der Waals surface area contributed by atoms with Gasteiger partial charge in [-0.2, -0.15) is 8.78 Å². The molecule has 1 aromatic carbocycles. The highest BCUT2D eigenvalue weighted by molar-refractivity contribution is 6.35. The number of nitrogens with two attached hydrogens (primary N) is 1. The molecule has 1 heterocycles. The van der Waals surface area contributed by atoms with Crippen LogP contribution in [0.25, 0.3) is 0 Å². The maximum absolute atomic E-state index is 12.4. The fourth-order valence-electron chi connectivity index (χ4n) is 1.90. The lowest BCUT2D eigenvalue weighted by Crippen LogP contribution is -2.09. The van der Waals surface area contributed by atoms with Crippen molar-refractivity contribution in [2.45, 2.75) is 13.0 Å². The Morgan fingerprint density at radius 1 is 1.30 bits per heavy atom. The minimum absolute atomic E-state index is 0.00990. The van der Waals surface area contributed by atoms with Crippen molar-refractivity contribution in [3.05, 3.63) is 35.1 Å². The first-order valence-electron chi connectivity index (χ1n) is 6.63. The molecule has 6 nitrogen and oxygen atoms in total. The van der Waals surface area contributed by atoms with Gasteiger partial charge in [-0.15, -0.1) is 0 Å². The van der Waals surface area contributed by atoms with Crippen molar-refractivity contribution < 1.29 is 18.3 Å². The molecule has 9 heteroatoms. The van der Waals surface area contributed by atoms with E-state index in [1.54, 1.807) is 12.1 Å². The van der Waals surface area contributed by atoms with Crippen LogP contribution < -0.4 is 20.5 Å². The molecule has 0 radical (unpaired) electrons. The number of alkyl halides is 2. The first-order chi connectivity index (χ1) is 11.0. The van der Waals surface area contributed by atoms with Gasteiger partial charge in [-0.05, 0) is 24.1 Å². The van der Waals surface area contributed by atoms with E-state index in [-0.39, 0.29) is 22.3 Å². The number of hydrogen-bond donors (Lipinski definition) is 2. The topological polar surface area (TPSA) is 82.3 Å². The van der Waals surface area contributed by atoms with Crippen molar-refractivity contribution in [3.63, 3.8) is 0 Å². The molecule has 0 bridgehead atoms. The number of hydrogen-bond acceptors (Lipinski definition) is 6. The average Bonchev–Trinajstić information content (AvgIpc) is 2.51. The summed E-state index contributed by atoms with van der Waals surface area (Å²) in [7, 11) is 1.39. The molecule has 23 heavy (non-hydrogen) atoms. The maximum Gasteiger partial charge on any atom is 0.387 e. The largest absolute Gasteiger partial charge is 0.493 e. The molecule has 0 unspecified atom stereocenters. The highest BCUT2D eigenvalue weighted by atomic mass is 35.5. The van der Waals surface area contributed by atoms with Crippen molar-refractivity contribution in [1.29, 1.82) is 0 Å². The number of nitrogen functional groups attached to an aromatic ring is 1. The van der Waals surface area contributed by atoms with E-state index < -0.39 is 6.61 Å². The highest BCUT2D eigenvalue weighted by Crippen LogP contribution is 2.30. The molecular weight excluding hydrogens is 330 g/mol. The lowest BCUT2D eigenvalue weighted by atomic mass is 10.1. The van der Waals surface area contributed by atoms with Gasteiger partial charge in [0.25, 0.3) is 0 Å². The predicted molar refractivity (Wildman–Crippen MR) is 83.3 cm³/mol. The molecule has 0 fully saturated rings. The molecule has 0 spiro atoms. The number of halogens is 3. The Morgan fingerprint density at radius 3 is 2.78 bits per heavy atom. The van der Waals surface area contributed by atoms with E-state index >= 15 is 0 Å². The highest BCUT2D eigenvalue weighted by Gasteiger charge is 2.11. The van der Waals surface area contributed by atoms with Gasteiger partial charge in [-0.3, -0.25) is 0 Å². The number of aromatic nitrogens is 2. The fraction of sp³-hybridized carbons (Fsp3) is 0.286. The van der Waals surface area contributed by atoms with Gasteiger partial charge in [0.15, 0.2) is 11.5 Å². The van der Waals surface area contributed by atoms with Gasteiger partial charge in [0.1, 0.15) is 23.0 Å². The fourth-order valence-corrected chi connectivity index (χ4v) is 2.06. The molecule has 1 aromatic heterocycles. The van der Waals surface area contributed by atoms with Gasteiger partial charge >= 0.3 is 6.61 Å². The van der Waals surface area contributed by atoms with Gasteiger partial charge < -0.3 is 20.5 Å². The zero-order valence-corrected chi connectivity index (χ0v) is 13.0. The van der Waals surface area contributed by atoms with Gasteiger partial charge in [-0.25, -0.2) is 9.97 Å². The van der Waals surface area contributed by atoms with Crippen LogP contribution in [0.3, 0.4) is 0 Å². The Morgan fingerprint density at radius 2 is 2.09 bits per heavy atom. The van der Waals surface area contributed by atoms with Gasteiger partial charge in [0.05, 0.1) is 7.11 Å². The number of rotatable bonds is 7. The lowest BCUT2D eigenvalue weighted by Gasteiger charge is -2.12. The summed E-state index contributed by atoms with van der Waals surface area (Å²) in [6, 6.07) is 4.83. The molecule has 0 saturated heterocycles. The summed E-state index contributed by atoms with van der Waals surface area (Å²) in [5, 5.41) is 3.25. The van der Waals surface area contributed by atoms with Gasteiger partial charge in [0, 0.05) is 6.54 Å². The van der Waals surface area contributed by atoms with Crippen LogP contribution in [-0.2, 0) is 6.42 Å². The van der Waals surface area contributed by atoms with Crippen molar-refractivity contribution in [2.24, 2.45) is 0 Å². The third-order valence-corrected chi connectivity index (χ3v) is 3.34. The van der Waals surface area contributed by atoms with E-state index in [4.69, 9.17) is 22.1 Å². The van der Waals surface area contributed by atoms with Gasteiger partial charge in [0.2, 0.25) is 0 Å². The summed E-state index contributed by atoms with van der Waals surface area (Å²) in [4.78, 5) is 7.73. The molecule has 0 atom stereocenters. The third kappa shape index (κ3) is 4.56. The normalized spacial score (nSPS) is 10.7. The van der Waals surface area contributed by atoms with Crippen molar-refractivity contribution in [1.82, 2.24) is 9.97 Å². The van der Waals surface area contributed by atoms with E-state index in [2.05, 4.69) is 20.0 Å². The molecular formula is C14H15ClF2N4O2. The van der Waals surface area contributed by atoms with Crippen LogP contribution in [0.4, 0.5) is 20.4 Å². The second-order valence-corrected chi connectivity index (χ2v) is 4.84.